The fourth-order valence-electron chi connectivity index (χ4n) is 3.30. The van der Waals surface area contributed by atoms with Crippen LogP contribution in [0.2, 0.25) is 5.02 Å². The molecule has 4 nitrogen and oxygen atoms in total. The van der Waals surface area contributed by atoms with Crippen molar-refractivity contribution in [3.63, 3.8) is 0 Å². The highest BCUT2D eigenvalue weighted by atomic mass is 35.5. The molecule has 1 aliphatic heterocycles. The summed E-state index contributed by atoms with van der Waals surface area (Å²) in [5, 5.41) is 3.76. The standard InChI is InChI=1S/C21H26ClN3O/c1-17(19-8-5-9-20(22)14-19)23-21(26)16-25-12-10-24(11-13-25)15-18-6-3-2-4-7-18/h2-9,14,17H,10-13,15-16H2,1H3,(H,23,26)/t17-/m0/s1. The molecule has 0 unspecified atom stereocenters. The molecule has 1 atom stereocenters. The van der Waals surface area contributed by atoms with E-state index in [4.69, 9.17) is 11.6 Å². The third-order valence-electron chi connectivity index (χ3n) is 4.81. The van der Waals surface area contributed by atoms with Crippen LogP contribution in [0.25, 0.3) is 0 Å². The van der Waals surface area contributed by atoms with Gasteiger partial charge in [-0.25, -0.2) is 0 Å². The first-order valence-electron chi connectivity index (χ1n) is 9.13. The SMILES string of the molecule is C[C@H](NC(=O)CN1CCN(Cc2ccccc2)CC1)c1cccc(Cl)c1. The third kappa shape index (κ3) is 5.56. The molecular formula is C21H26ClN3O. The van der Waals surface area contributed by atoms with Crippen molar-refractivity contribution in [2.24, 2.45) is 0 Å². The summed E-state index contributed by atoms with van der Waals surface area (Å²) in [7, 11) is 0. The van der Waals surface area contributed by atoms with E-state index in [1.807, 2.05) is 37.3 Å². The van der Waals surface area contributed by atoms with Crippen LogP contribution in [0.5, 0.6) is 0 Å². The maximum absolute atomic E-state index is 12.4. The summed E-state index contributed by atoms with van der Waals surface area (Å²) >= 11 is 6.03. The zero-order chi connectivity index (χ0) is 18.4. The van der Waals surface area contributed by atoms with Gasteiger partial charge in [0, 0.05) is 37.7 Å². The summed E-state index contributed by atoms with van der Waals surface area (Å²) in [5.74, 6) is 0.0639. The van der Waals surface area contributed by atoms with Crippen molar-refractivity contribution in [1.29, 1.82) is 0 Å². The van der Waals surface area contributed by atoms with Gasteiger partial charge in [0.05, 0.1) is 12.6 Å². The molecule has 1 N–H and O–H groups in total. The van der Waals surface area contributed by atoms with Gasteiger partial charge in [-0.05, 0) is 30.2 Å². The smallest absolute Gasteiger partial charge is 0.234 e. The van der Waals surface area contributed by atoms with E-state index in [0.29, 0.717) is 11.6 Å². The number of amides is 1. The molecule has 0 saturated carbocycles. The normalized spacial score (nSPS) is 17.0. The van der Waals surface area contributed by atoms with E-state index in [0.717, 1.165) is 38.3 Å². The molecule has 2 aromatic carbocycles. The Bertz CT molecular complexity index is 714. The number of nitrogens with one attached hydrogen (secondary N) is 1. The second kappa shape index (κ2) is 9.17. The van der Waals surface area contributed by atoms with Gasteiger partial charge in [-0.2, -0.15) is 0 Å². The number of carbonyl (C=O) groups excluding carboxylic acids is 1. The van der Waals surface area contributed by atoms with Crippen molar-refractivity contribution < 1.29 is 4.79 Å². The number of nitrogens with zero attached hydrogens (tertiary/aromatic N) is 2. The van der Waals surface area contributed by atoms with Crippen molar-refractivity contribution in [1.82, 2.24) is 15.1 Å². The Morgan fingerprint density at radius 2 is 1.73 bits per heavy atom. The van der Waals surface area contributed by atoms with Gasteiger partial charge in [0.2, 0.25) is 5.91 Å². The minimum atomic E-state index is -0.0411. The second-order valence-corrected chi connectivity index (χ2v) is 7.32. The van der Waals surface area contributed by atoms with Crippen LogP contribution in [-0.2, 0) is 11.3 Å². The van der Waals surface area contributed by atoms with Gasteiger partial charge in [-0.3, -0.25) is 14.6 Å². The fourth-order valence-corrected chi connectivity index (χ4v) is 3.50. The van der Waals surface area contributed by atoms with Gasteiger partial charge in [0.25, 0.3) is 0 Å². The van der Waals surface area contributed by atoms with E-state index in [2.05, 4.69) is 39.4 Å². The Morgan fingerprint density at radius 3 is 2.42 bits per heavy atom. The van der Waals surface area contributed by atoms with Crippen LogP contribution < -0.4 is 5.32 Å². The molecule has 26 heavy (non-hydrogen) atoms. The van der Waals surface area contributed by atoms with Crippen molar-refractivity contribution in [3.8, 4) is 0 Å². The number of carbonyl (C=O) groups is 1. The van der Waals surface area contributed by atoms with Gasteiger partial charge < -0.3 is 5.32 Å². The molecule has 0 radical (unpaired) electrons. The molecule has 0 aliphatic carbocycles. The average molecular weight is 372 g/mol. The predicted octanol–water partition coefficient (Wildman–Crippen LogP) is 3.34. The maximum atomic E-state index is 12.4. The molecule has 1 fully saturated rings. The highest BCUT2D eigenvalue weighted by Crippen LogP contribution is 2.17. The minimum Gasteiger partial charge on any atom is -0.348 e. The van der Waals surface area contributed by atoms with Crippen LogP contribution in [-0.4, -0.2) is 48.4 Å². The lowest BCUT2D eigenvalue weighted by molar-refractivity contribution is -0.123. The Balaban J connectivity index is 1.42. The zero-order valence-corrected chi connectivity index (χ0v) is 16.0. The lowest BCUT2D eigenvalue weighted by Gasteiger charge is -2.34. The number of piperazine rings is 1. The van der Waals surface area contributed by atoms with E-state index in [1.54, 1.807) is 0 Å². The summed E-state index contributed by atoms with van der Waals surface area (Å²) in [6.45, 7) is 7.24. The average Bonchev–Trinajstić information content (AvgIpc) is 2.64. The largest absolute Gasteiger partial charge is 0.348 e. The van der Waals surface area contributed by atoms with Crippen molar-refractivity contribution >= 4 is 17.5 Å². The van der Waals surface area contributed by atoms with Crippen LogP contribution in [0.1, 0.15) is 24.1 Å². The van der Waals surface area contributed by atoms with Gasteiger partial charge in [-0.1, -0.05) is 54.1 Å². The molecule has 1 aliphatic rings. The monoisotopic (exact) mass is 371 g/mol. The number of hydrogen-bond acceptors (Lipinski definition) is 3. The van der Waals surface area contributed by atoms with Gasteiger partial charge in [0.15, 0.2) is 0 Å². The van der Waals surface area contributed by atoms with E-state index in [9.17, 15) is 4.79 Å². The molecule has 0 bridgehead atoms. The number of benzene rings is 2. The number of hydrogen-bond donors (Lipinski definition) is 1. The topological polar surface area (TPSA) is 35.6 Å². The Morgan fingerprint density at radius 1 is 1.04 bits per heavy atom. The molecule has 0 aromatic heterocycles. The van der Waals surface area contributed by atoms with Crippen LogP contribution in [0.4, 0.5) is 0 Å². The van der Waals surface area contributed by atoms with Crippen molar-refractivity contribution in [3.05, 3.63) is 70.7 Å². The van der Waals surface area contributed by atoms with E-state index >= 15 is 0 Å². The van der Waals surface area contributed by atoms with E-state index in [-0.39, 0.29) is 11.9 Å². The van der Waals surface area contributed by atoms with Gasteiger partial charge in [-0.15, -0.1) is 0 Å². The van der Waals surface area contributed by atoms with Gasteiger partial charge in [0.1, 0.15) is 0 Å². The third-order valence-corrected chi connectivity index (χ3v) is 5.04. The first kappa shape index (κ1) is 18.9. The van der Waals surface area contributed by atoms with Crippen molar-refractivity contribution in [2.75, 3.05) is 32.7 Å². The first-order chi connectivity index (χ1) is 12.6. The maximum Gasteiger partial charge on any atom is 0.234 e. The van der Waals surface area contributed by atoms with Crippen LogP contribution in [0.15, 0.2) is 54.6 Å². The fraction of sp³-hybridized carbons (Fsp3) is 0.381. The predicted molar refractivity (Wildman–Crippen MR) is 106 cm³/mol. The van der Waals surface area contributed by atoms with Gasteiger partial charge >= 0.3 is 0 Å². The van der Waals surface area contributed by atoms with Crippen LogP contribution >= 0.6 is 11.6 Å². The summed E-state index contributed by atoms with van der Waals surface area (Å²) in [4.78, 5) is 17.0. The second-order valence-electron chi connectivity index (χ2n) is 6.88. The quantitative estimate of drug-likeness (QED) is 0.846. The molecule has 1 amide bonds. The number of halogens is 1. The molecule has 5 heteroatoms. The molecule has 1 saturated heterocycles. The number of rotatable bonds is 6. The Kier molecular flexibility index (Phi) is 6.67. The summed E-state index contributed by atoms with van der Waals surface area (Å²) in [6.07, 6.45) is 0. The first-order valence-corrected chi connectivity index (χ1v) is 9.51. The lowest BCUT2D eigenvalue weighted by atomic mass is 10.1. The zero-order valence-electron chi connectivity index (χ0n) is 15.2. The minimum absolute atomic E-state index is 0.0411. The Hall–Kier alpha value is -1.88. The molecule has 0 spiro atoms. The highest BCUT2D eigenvalue weighted by Gasteiger charge is 2.20. The summed E-state index contributed by atoms with van der Waals surface area (Å²) in [6, 6.07) is 18.1. The molecule has 3 rings (SSSR count). The van der Waals surface area contributed by atoms with Crippen LogP contribution in [0, 0.1) is 0 Å². The molecule has 1 heterocycles. The summed E-state index contributed by atoms with van der Waals surface area (Å²) < 4.78 is 0. The van der Waals surface area contributed by atoms with Crippen molar-refractivity contribution in [2.45, 2.75) is 19.5 Å². The molecular weight excluding hydrogens is 346 g/mol. The lowest BCUT2D eigenvalue weighted by Crippen LogP contribution is -2.49. The molecule has 138 valence electrons. The Labute approximate surface area is 160 Å². The van der Waals surface area contributed by atoms with E-state index in [1.165, 1.54) is 5.56 Å². The molecule has 2 aromatic rings. The van der Waals surface area contributed by atoms with E-state index < -0.39 is 0 Å². The summed E-state index contributed by atoms with van der Waals surface area (Å²) in [5.41, 5.74) is 2.37. The highest BCUT2D eigenvalue weighted by molar-refractivity contribution is 6.30. The van der Waals surface area contributed by atoms with Crippen LogP contribution in [0.3, 0.4) is 0 Å².